The quantitative estimate of drug-likeness (QED) is 0.522. The van der Waals surface area contributed by atoms with Crippen molar-refractivity contribution in [3.8, 4) is 0 Å². The first-order valence-corrected chi connectivity index (χ1v) is 6.38. The van der Waals surface area contributed by atoms with E-state index in [1.54, 1.807) is 0 Å². The molecular weight excluding hydrogens is 230 g/mol. The van der Waals surface area contributed by atoms with Crippen LogP contribution in [0.4, 0.5) is 17.6 Å². The van der Waals surface area contributed by atoms with Crippen molar-refractivity contribution < 1.29 is 5.11 Å². The number of nitrogen functional groups attached to an aromatic ring is 1. The number of rotatable bonds is 8. The average Bonchev–Trinajstić information content (AvgIpc) is 2.34. The second-order valence-electron chi connectivity index (χ2n) is 4.38. The Labute approximate surface area is 108 Å². The number of hydrogen-bond donors (Lipinski definition) is 4. The zero-order chi connectivity index (χ0) is 13.4. The van der Waals surface area contributed by atoms with E-state index in [1.807, 2.05) is 19.9 Å². The van der Waals surface area contributed by atoms with E-state index < -0.39 is 0 Å². The first-order valence-electron chi connectivity index (χ1n) is 6.38. The molecule has 0 fully saturated rings. The summed E-state index contributed by atoms with van der Waals surface area (Å²) in [6, 6.07) is 1.84. The largest absolute Gasteiger partial charge is 0.396 e. The number of hydrogen-bond acceptors (Lipinski definition) is 6. The van der Waals surface area contributed by atoms with Crippen LogP contribution >= 0.6 is 0 Å². The zero-order valence-electron chi connectivity index (χ0n) is 11.1. The van der Waals surface area contributed by atoms with Gasteiger partial charge in [-0.15, -0.1) is 0 Å². The third-order valence-electron chi connectivity index (χ3n) is 2.59. The van der Waals surface area contributed by atoms with Gasteiger partial charge >= 0.3 is 0 Å². The third-order valence-corrected chi connectivity index (χ3v) is 2.59. The van der Waals surface area contributed by atoms with Crippen LogP contribution in [-0.2, 0) is 0 Å². The van der Waals surface area contributed by atoms with Crippen molar-refractivity contribution in [2.75, 3.05) is 36.1 Å². The maximum absolute atomic E-state index is 8.92. The molecule has 0 aliphatic carbocycles. The maximum Gasteiger partial charge on any atom is 0.223 e. The predicted molar refractivity (Wildman–Crippen MR) is 74.6 cm³/mol. The number of nitrogens with zero attached hydrogens (tertiary/aromatic N) is 2. The van der Waals surface area contributed by atoms with Gasteiger partial charge in [-0.05, 0) is 25.7 Å². The van der Waals surface area contributed by atoms with Crippen molar-refractivity contribution in [2.45, 2.75) is 26.7 Å². The van der Waals surface area contributed by atoms with Gasteiger partial charge in [-0.2, -0.15) is 9.97 Å². The van der Waals surface area contributed by atoms with Gasteiger partial charge in [-0.25, -0.2) is 0 Å². The molecule has 1 heterocycles. The Bertz CT molecular complexity index is 358. The van der Waals surface area contributed by atoms with Gasteiger partial charge in [0.25, 0.3) is 0 Å². The van der Waals surface area contributed by atoms with Crippen LogP contribution in [-0.4, -0.2) is 34.8 Å². The Hall–Kier alpha value is -1.56. The summed E-state index contributed by atoms with van der Waals surface area (Å²) in [6.45, 7) is 5.88. The molecule has 18 heavy (non-hydrogen) atoms. The monoisotopic (exact) mass is 253 g/mol. The van der Waals surface area contributed by atoms with Gasteiger partial charge in [0.1, 0.15) is 11.6 Å². The van der Waals surface area contributed by atoms with Crippen molar-refractivity contribution in [2.24, 2.45) is 5.92 Å². The lowest BCUT2D eigenvalue weighted by atomic mass is 10.1. The summed E-state index contributed by atoms with van der Waals surface area (Å²) in [7, 11) is 0. The Morgan fingerprint density at radius 2 is 2.00 bits per heavy atom. The topological polar surface area (TPSA) is 96.1 Å². The molecule has 102 valence electrons. The van der Waals surface area contributed by atoms with E-state index in [0.717, 1.165) is 37.6 Å². The summed E-state index contributed by atoms with van der Waals surface area (Å²) >= 11 is 0. The molecule has 0 amide bonds. The summed E-state index contributed by atoms with van der Waals surface area (Å²) in [5.41, 5.74) is 5.63. The predicted octanol–water partition coefficient (Wildman–Crippen LogP) is 1.31. The van der Waals surface area contributed by atoms with Gasteiger partial charge in [0, 0.05) is 25.8 Å². The molecule has 1 atom stereocenters. The van der Waals surface area contributed by atoms with Crippen molar-refractivity contribution in [3.05, 3.63) is 6.07 Å². The molecule has 1 rings (SSSR count). The second kappa shape index (κ2) is 7.71. The first kappa shape index (κ1) is 14.5. The summed E-state index contributed by atoms with van der Waals surface area (Å²) in [5, 5.41) is 15.2. The lowest BCUT2D eigenvalue weighted by molar-refractivity contribution is 0.229. The summed E-state index contributed by atoms with van der Waals surface area (Å²) in [5.74, 6) is 2.07. The van der Waals surface area contributed by atoms with Crippen molar-refractivity contribution in [1.82, 2.24) is 9.97 Å². The molecule has 0 aliphatic heterocycles. The van der Waals surface area contributed by atoms with E-state index in [1.165, 1.54) is 0 Å². The van der Waals surface area contributed by atoms with Crippen LogP contribution in [0.5, 0.6) is 0 Å². The summed E-state index contributed by atoms with van der Waals surface area (Å²) in [6.07, 6.45) is 1.98. The minimum absolute atomic E-state index is 0.241. The normalized spacial score (nSPS) is 12.2. The highest BCUT2D eigenvalue weighted by molar-refractivity contribution is 5.50. The Morgan fingerprint density at radius 3 is 2.61 bits per heavy atom. The van der Waals surface area contributed by atoms with Crippen LogP contribution in [0.25, 0.3) is 0 Å². The molecule has 1 aromatic rings. The molecule has 0 spiro atoms. The van der Waals surface area contributed by atoms with Crippen molar-refractivity contribution in [3.63, 3.8) is 0 Å². The zero-order valence-corrected chi connectivity index (χ0v) is 11.1. The third kappa shape index (κ3) is 5.18. The van der Waals surface area contributed by atoms with Crippen LogP contribution < -0.4 is 16.4 Å². The van der Waals surface area contributed by atoms with Gasteiger partial charge in [-0.3, -0.25) is 0 Å². The minimum atomic E-state index is 0.241. The molecule has 0 aliphatic rings. The molecule has 0 radical (unpaired) electrons. The fraction of sp³-hybridized carbons (Fsp3) is 0.667. The lowest BCUT2D eigenvalue weighted by Crippen LogP contribution is -2.10. The highest BCUT2D eigenvalue weighted by Crippen LogP contribution is 2.12. The molecular formula is C12H23N5O. The maximum atomic E-state index is 8.92. The van der Waals surface area contributed by atoms with E-state index in [0.29, 0.717) is 5.92 Å². The Morgan fingerprint density at radius 1 is 1.33 bits per heavy atom. The van der Waals surface area contributed by atoms with Gasteiger partial charge in [0.05, 0.1) is 0 Å². The van der Waals surface area contributed by atoms with Crippen LogP contribution in [0.15, 0.2) is 6.07 Å². The highest BCUT2D eigenvalue weighted by atomic mass is 16.3. The number of aliphatic hydroxyl groups excluding tert-OH is 1. The number of aromatic nitrogens is 2. The number of nitrogens with two attached hydrogens (primary N) is 1. The fourth-order valence-corrected chi connectivity index (χ4v) is 1.59. The molecule has 6 nitrogen and oxygen atoms in total. The second-order valence-corrected chi connectivity index (χ2v) is 4.38. The number of aliphatic hydroxyl groups is 1. The number of nitrogens with one attached hydrogen (secondary N) is 2. The molecule has 0 aromatic carbocycles. The van der Waals surface area contributed by atoms with Gasteiger partial charge < -0.3 is 21.5 Å². The van der Waals surface area contributed by atoms with E-state index in [4.69, 9.17) is 10.8 Å². The number of anilines is 3. The summed E-state index contributed by atoms with van der Waals surface area (Å²) < 4.78 is 0. The fourth-order valence-electron chi connectivity index (χ4n) is 1.59. The van der Waals surface area contributed by atoms with E-state index in [9.17, 15) is 0 Å². The molecule has 0 saturated heterocycles. The molecule has 1 aromatic heterocycles. The highest BCUT2D eigenvalue weighted by Gasteiger charge is 2.02. The van der Waals surface area contributed by atoms with Gasteiger partial charge in [0.15, 0.2) is 0 Å². The van der Waals surface area contributed by atoms with Gasteiger partial charge in [-0.1, -0.05) is 6.92 Å². The standard InChI is InChI=1S/C12H23N5O/c1-3-14-10-7-11(17-12(13)16-10)15-6-4-5-9(2)8-18/h7,9,18H,3-6,8H2,1-2H3,(H4,13,14,15,16,17). The van der Waals surface area contributed by atoms with Crippen LogP contribution in [0.2, 0.25) is 0 Å². The Kier molecular flexibility index (Phi) is 6.21. The Balaban J connectivity index is 2.41. The minimum Gasteiger partial charge on any atom is -0.396 e. The first-order chi connectivity index (χ1) is 8.65. The molecule has 6 heteroatoms. The van der Waals surface area contributed by atoms with E-state index in [-0.39, 0.29) is 12.6 Å². The van der Waals surface area contributed by atoms with E-state index >= 15 is 0 Å². The average molecular weight is 253 g/mol. The van der Waals surface area contributed by atoms with E-state index in [2.05, 4.69) is 20.6 Å². The van der Waals surface area contributed by atoms with Crippen LogP contribution in [0.1, 0.15) is 26.7 Å². The van der Waals surface area contributed by atoms with Crippen LogP contribution in [0, 0.1) is 5.92 Å². The van der Waals surface area contributed by atoms with Crippen molar-refractivity contribution >= 4 is 17.6 Å². The SMILES string of the molecule is CCNc1cc(NCCCC(C)CO)nc(N)n1. The lowest BCUT2D eigenvalue weighted by Gasteiger charge is -2.10. The van der Waals surface area contributed by atoms with Crippen molar-refractivity contribution in [1.29, 1.82) is 0 Å². The smallest absolute Gasteiger partial charge is 0.223 e. The molecule has 5 N–H and O–H groups in total. The molecule has 1 unspecified atom stereocenters. The molecule has 0 saturated carbocycles. The van der Waals surface area contributed by atoms with Gasteiger partial charge in [0.2, 0.25) is 5.95 Å². The summed E-state index contributed by atoms with van der Waals surface area (Å²) in [4.78, 5) is 8.19. The van der Waals surface area contributed by atoms with Crippen LogP contribution in [0.3, 0.4) is 0 Å². The molecule has 0 bridgehead atoms.